The molecule has 0 bridgehead atoms. The quantitative estimate of drug-likeness (QED) is 0.759. The van der Waals surface area contributed by atoms with Crippen molar-refractivity contribution in [1.29, 1.82) is 0 Å². The summed E-state index contributed by atoms with van der Waals surface area (Å²) in [6, 6.07) is 16.9. The van der Waals surface area contributed by atoms with E-state index in [4.69, 9.17) is 4.74 Å². The van der Waals surface area contributed by atoms with Crippen molar-refractivity contribution in [1.82, 2.24) is 4.90 Å². The number of ether oxygens (including phenoxy) is 1. The molecular weight excluding hydrogens is 336 g/mol. The number of hydrogen-bond donors (Lipinski definition) is 0. The molecule has 3 rings (SSSR count). The first-order valence-electron chi connectivity index (χ1n) is 9.84. The summed E-state index contributed by atoms with van der Waals surface area (Å²) >= 11 is 0. The van der Waals surface area contributed by atoms with Gasteiger partial charge >= 0.3 is 0 Å². The Labute approximate surface area is 162 Å². The predicted octanol–water partition coefficient (Wildman–Crippen LogP) is 4.41. The van der Waals surface area contributed by atoms with Gasteiger partial charge in [0.25, 0.3) is 0 Å². The van der Waals surface area contributed by atoms with Crippen molar-refractivity contribution in [3.8, 4) is 5.75 Å². The van der Waals surface area contributed by atoms with Crippen LogP contribution in [0.2, 0.25) is 0 Å². The third-order valence-corrected chi connectivity index (χ3v) is 5.37. The second kappa shape index (κ2) is 9.05. The van der Waals surface area contributed by atoms with Gasteiger partial charge in [-0.2, -0.15) is 0 Å². The van der Waals surface area contributed by atoms with Gasteiger partial charge in [-0.3, -0.25) is 9.69 Å². The number of amides is 1. The van der Waals surface area contributed by atoms with Crippen molar-refractivity contribution >= 4 is 11.6 Å². The van der Waals surface area contributed by atoms with E-state index < -0.39 is 0 Å². The fourth-order valence-corrected chi connectivity index (χ4v) is 3.76. The van der Waals surface area contributed by atoms with Crippen LogP contribution in [0.15, 0.2) is 48.5 Å². The summed E-state index contributed by atoms with van der Waals surface area (Å²) in [5, 5.41) is 0. The van der Waals surface area contributed by atoms with Crippen LogP contribution < -0.4 is 9.64 Å². The maximum atomic E-state index is 12.7. The Hall–Kier alpha value is -2.33. The van der Waals surface area contributed by atoms with E-state index in [9.17, 15) is 4.79 Å². The molecule has 0 atom stereocenters. The number of piperidine rings is 1. The zero-order chi connectivity index (χ0) is 19.2. The number of benzene rings is 2. The Morgan fingerprint density at radius 1 is 1.07 bits per heavy atom. The van der Waals surface area contributed by atoms with E-state index in [0.29, 0.717) is 6.42 Å². The number of carbonyl (C=O) groups is 1. The zero-order valence-electron chi connectivity index (χ0n) is 16.6. The number of nitrogens with zero attached hydrogens (tertiary/aromatic N) is 2. The van der Waals surface area contributed by atoms with Crippen LogP contribution in [-0.4, -0.2) is 37.0 Å². The average molecular weight is 367 g/mol. The first-order chi connectivity index (χ1) is 13.1. The van der Waals surface area contributed by atoms with Crippen molar-refractivity contribution in [2.24, 2.45) is 0 Å². The molecule has 144 valence electrons. The van der Waals surface area contributed by atoms with Crippen LogP contribution in [0.5, 0.6) is 5.75 Å². The van der Waals surface area contributed by atoms with Crippen molar-refractivity contribution in [2.45, 2.75) is 45.7 Å². The van der Waals surface area contributed by atoms with Gasteiger partial charge in [-0.1, -0.05) is 36.8 Å². The van der Waals surface area contributed by atoms with Gasteiger partial charge in [0.15, 0.2) is 0 Å². The molecule has 0 spiro atoms. The SMILES string of the molecule is CCC(=O)N(c1ccc(OC)cc1)C1CCN(Cc2ccc(C)cc2)CC1. The number of anilines is 1. The minimum Gasteiger partial charge on any atom is -0.497 e. The summed E-state index contributed by atoms with van der Waals surface area (Å²) in [6.45, 7) is 7.07. The van der Waals surface area contributed by atoms with Gasteiger partial charge in [0, 0.05) is 37.8 Å². The molecule has 1 heterocycles. The lowest BCUT2D eigenvalue weighted by molar-refractivity contribution is -0.119. The Bertz CT molecular complexity index is 732. The number of aryl methyl sites for hydroxylation is 1. The predicted molar refractivity (Wildman–Crippen MR) is 110 cm³/mol. The van der Waals surface area contributed by atoms with Crippen LogP contribution >= 0.6 is 0 Å². The Balaban J connectivity index is 1.65. The molecule has 2 aromatic rings. The topological polar surface area (TPSA) is 32.8 Å². The number of rotatable bonds is 6. The summed E-state index contributed by atoms with van der Waals surface area (Å²) in [4.78, 5) is 17.1. The highest BCUT2D eigenvalue weighted by Gasteiger charge is 2.28. The van der Waals surface area contributed by atoms with Crippen LogP contribution in [0.25, 0.3) is 0 Å². The van der Waals surface area contributed by atoms with E-state index in [-0.39, 0.29) is 11.9 Å². The fraction of sp³-hybridized carbons (Fsp3) is 0.435. The van der Waals surface area contributed by atoms with E-state index in [1.54, 1.807) is 7.11 Å². The van der Waals surface area contributed by atoms with E-state index >= 15 is 0 Å². The number of carbonyl (C=O) groups excluding carboxylic acids is 1. The third-order valence-electron chi connectivity index (χ3n) is 5.37. The van der Waals surface area contributed by atoms with Gasteiger partial charge in [0.2, 0.25) is 5.91 Å². The largest absolute Gasteiger partial charge is 0.497 e. The molecule has 2 aromatic carbocycles. The molecule has 0 aromatic heterocycles. The van der Waals surface area contributed by atoms with Crippen molar-refractivity contribution in [2.75, 3.05) is 25.1 Å². The number of hydrogen-bond acceptors (Lipinski definition) is 3. The number of likely N-dealkylation sites (tertiary alicyclic amines) is 1. The lowest BCUT2D eigenvalue weighted by atomic mass is 10.0. The van der Waals surface area contributed by atoms with E-state index in [2.05, 4.69) is 36.1 Å². The van der Waals surface area contributed by atoms with Gasteiger partial charge in [-0.25, -0.2) is 0 Å². The Kier molecular flexibility index (Phi) is 6.51. The maximum absolute atomic E-state index is 12.7. The molecule has 0 unspecified atom stereocenters. The normalized spacial score (nSPS) is 15.5. The molecule has 1 saturated heterocycles. The molecule has 0 saturated carbocycles. The van der Waals surface area contributed by atoms with Gasteiger partial charge < -0.3 is 9.64 Å². The second-order valence-corrected chi connectivity index (χ2v) is 7.31. The summed E-state index contributed by atoms with van der Waals surface area (Å²) < 4.78 is 5.25. The maximum Gasteiger partial charge on any atom is 0.226 e. The molecule has 0 radical (unpaired) electrons. The monoisotopic (exact) mass is 366 g/mol. The van der Waals surface area contributed by atoms with Crippen LogP contribution in [0.3, 0.4) is 0 Å². The van der Waals surface area contributed by atoms with E-state index in [1.165, 1.54) is 11.1 Å². The van der Waals surface area contributed by atoms with E-state index in [1.807, 2.05) is 36.1 Å². The molecule has 4 nitrogen and oxygen atoms in total. The molecule has 1 aliphatic heterocycles. The van der Waals surface area contributed by atoms with Crippen molar-refractivity contribution in [3.63, 3.8) is 0 Å². The first-order valence-corrected chi connectivity index (χ1v) is 9.84. The molecule has 4 heteroatoms. The van der Waals surface area contributed by atoms with Crippen LogP contribution in [0.1, 0.15) is 37.3 Å². The molecule has 1 amide bonds. The summed E-state index contributed by atoms with van der Waals surface area (Å²) in [6.07, 6.45) is 2.53. The highest BCUT2D eigenvalue weighted by atomic mass is 16.5. The molecule has 1 aliphatic rings. The van der Waals surface area contributed by atoms with Gasteiger partial charge in [0.1, 0.15) is 5.75 Å². The molecular formula is C23H30N2O2. The van der Waals surface area contributed by atoms with Gasteiger partial charge in [0.05, 0.1) is 7.11 Å². The number of methoxy groups -OCH3 is 1. The summed E-state index contributed by atoms with van der Waals surface area (Å²) in [7, 11) is 1.66. The van der Waals surface area contributed by atoms with Crippen LogP contribution in [0.4, 0.5) is 5.69 Å². The van der Waals surface area contributed by atoms with Crippen LogP contribution in [-0.2, 0) is 11.3 Å². The minimum atomic E-state index is 0.192. The lowest BCUT2D eigenvalue weighted by Gasteiger charge is -2.38. The second-order valence-electron chi connectivity index (χ2n) is 7.31. The van der Waals surface area contributed by atoms with Crippen LogP contribution in [0, 0.1) is 6.92 Å². The van der Waals surface area contributed by atoms with Gasteiger partial charge in [-0.15, -0.1) is 0 Å². The molecule has 0 aliphatic carbocycles. The highest BCUT2D eigenvalue weighted by molar-refractivity contribution is 5.93. The minimum absolute atomic E-state index is 0.192. The van der Waals surface area contributed by atoms with Gasteiger partial charge in [-0.05, 0) is 49.6 Å². The third kappa shape index (κ3) is 4.89. The molecule has 27 heavy (non-hydrogen) atoms. The standard InChI is InChI=1S/C23H30N2O2/c1-4-23(26)25(20-9-11-22(27-3)12-10-20)21-13-15-24(16-14-21)17-19-7-5-18(2)6-8-19/h5-12,21H,4,13-17H2,1-3H3. The average Bonchev–Trinajstić information content (AvgIpc) is 2.71. The lowest BCUT2D eigenvalue weighted by Crippen LogP contribution is -2.47. The van der Waals surface area contributed by atoms with Crippen molar-refractivity contribution in [3.05, 3.63) is 59.7 Å². The highest BCUT2D eigenvalue weighted by Crippen LogP contribution is 2.27. The molecule has 0 N–H and O–H groups in total. The first kappa shape index (κ1) is 19.4. The zero-order valence-corrected chi connectivity index (χ0v) is 16.6. The summed E-state index contributed by atoms with van der Waals surface area (Å²) in [5.74, 6) is 1.01. The Morgan fingerprint density at radius 3 is 2.26 bits per heavy atom. The molecule has 1 fully saturated rings. The summed E-state index contributed by atoms with van der Waals surface area (Å²) in [5.41, 5.74) is 3.63. The Morgan fingerprint density at radius 2 is 1.70 bits per heavy atom. The van der Waals surface area contributed by atoms with Crippen molar-refractivity contribution < 1.29 is 9.53 Å². The smallest absolute Gasteiger partial charge is 0.226 e. The van der Waals surface area contributed by atoms with E-state index in [0.717, 1.165) is 43.9 Å². The fourth-order valence-electron chi connectivity index (χ4n) is 3.76.